The van der Waals surface area contributed by atoms with E-state index in [2.05, 4.69) is 67.8 Å². The maximum absolute atomic E-state index is 12.5. The molecule has 0 saturated carbocycles. The zero-order chi connectivity index (χ0) is 46.3. The zero-order valence-electron chi connectivity index (χ0n) is 43.1. The Morgan fingerprint density at radius 2 is 0.688 bits per heavy atom. The first-order chi connectivity index (χ1) is 31.7. The zero-order valence-corrected chi connectivity index (χ0v) is 43.1. The van der Waals surface area contributed by atoms with E-state index in [4.69, 9.17) is 0 Å². The van der Waals surface area contributed by atoms with Crippen molar-refractivity contribution >= 4 is 5.91 Å². The van der Waals surface area contributed by atoms with Crippen molar-refractivity contribution in [3.05, 3.63) is 60.8 Å². The number of amides is 1. The van der Waals surface area contributed by atoms with Gasteiger partial charge >= 0.3 is 0 Å². The van der Waals surface area contributed by atoms with E-state index in [0.29, 0.717) is 6.42 Å². The lowest BCUT2D eigenvalue weighted by atomic mass is 10.0. The maximum Gasteiger partial charge on any atom is 0.220 e. The number of unbranched alkanes of at least 4 members (excludes halogenated alkanes) is 37. The van der Waals surface area contributed by atoms with Crippen molar-refractivity contribution in [3.8, 4) is 0 Å². The number of aliphatic hydroxyl groups excluding tert-OH is 2. The van der Waals surface area contributed by atoms with Gasteiger partial charge in [0.05, 0.1) is 18.8 Å². The van der Waals surface area contributed by atoms with Gasteiger partial charge in [-0.3, -0.25) is 4.79 Å². The molecular weight excluding hydrogens is 783 g/mol. The summed E-state index contributed by atoms with van der Waals surface area (Å²) in [7, 11) is 0. The summed E-state index contributed by atoms with van der Waals surface area (Å²) in [4.78, 5) is 12.5. The van der Waals surface area contributed by atoms with Crippen molar-refractivity contribution < 1.29 is 15.0 Å². The van der Waals surface area contributed by atoms with Crippen molar-refractivity contribution in [2.75, 3.05) is 6.61 Å². The monoisotopic (exact) mass is 894 g/mol. The predicted octanol–water partition coefficient (Wildman–Crippen LogP) is 18.8. The summed E-state index contributed by atoms with van der Waals surface area (Å²) in [6.45, 7) is 4.22. The van der Waals surface area contributed by atoms with Crippen LogP contribution in [0, 0.1) is 0 Å². The number of rotatable bonds is 52. The van der Waals surface area contributed by atoms with Gasteiger partial charge in [0, 0.05) is 6.42 Å². The highest BCUT2D eigenvalue weighted by molar-refractivity contribution is 5.76. The van der Waals surface area contributed by atoms with Crippen molar-refractivity contribution in [1.82, 2.24) is 5.32 Å². The molecule has 3 N–H and O–H groups in total. The number of allylic oxidation sites excluding steroid dienone is 9. The van der Waals surface area contributed by atoms with E-state index >= 15 is 0 Å². The molecule has 374 valence electrons. The molecule has 0 heterocycles. The average molecular weight is 895 g/mol. The van der Waals surface area contributed by atoms with Gasteiger partial charge in [-0.15, -0.1) is 0 Å². The van der Waals surface area contributed by atoms with Crippen LogP contribution >= 0.6 is 0 Å². The molecule has 2 unspecified atom stereocenters. The summed E-state index contributed by atoms with van der Waals surface area (Å²) in [6.07, 6.45) is 78.1. The molecule has 0 radical (unpaired) electrons. The molecule has 2 atom stereocenters. The molecule has 0 aliphatic rings. The summed E-state index contributed by atoms with van der Waals surface area (Å²) in [5.74, 6) is -0.0601. The van der Waals surface area contributed by atoms with E-state index in [1.807, 2.05) is 6.08 Å². The molecule has 0 aromatic carbocycles. The number of aliphatic hydroxyl groups is 2. The highest BCUT2D eigenvalue weighted by Gasteiger charge is 2.18. The van der Waals surface area contributed by atoms with E-state index in [9.17, 15) is 15.0 Å². The Kier molecular flexibility index (Phi) is 53.8. The fourth-order valence-corrected chi connectivity index (χ4v) is 8.70. The second-order valence-corrected chi connectivity index (χ2v) is 19.3. The van der Waals surface area contributed by atoms with Crippen LogP contribution < -0.4 is 5.32 Å². The van der Waals surface area contributed by atoms with Crippen LogP contribution in [-0.4, -0.2) is 34.9 Å². The molecule has 4 nitrogen and oxygen atoms in total. The molecule has 0 aromatic heterocycles. The van der Waals surface area contributed by atoms with Crippen LogP contribution in [0.4, 0.5) is 0 Å². The third-order valence-electron chi connectivity index (χ3n) is 13.0. The Labute approximate surface area is 400 Å². The molecule has 0 aliphatic carbocycles. The number of nitrogens with one attached hydrogen (secondary N) is 1. The fourth-order valence-electron chi connectivity index (χ4n) is 8.70. The van der Waals surface area contributed by atoms with Gasteiger partial charge < -0.3 is 15.5 Å². The summed E-state index contributed by atoms with van der Waals surface area (Å²) in [5, 5.41) is 23.2. The van der Waals surface area contributed by atoms with Crippen molar-refractivity contribution in [3.63, 3.8) is 0 Å². The molecule has 0 spiro atoms. The average Bonchev–Trinajstić information content (AvgIpc) is 3.30. The van der Waals surface area contributed by atoms with E-state index < -0.39 is 12.1 Å². The summed E-state index contributed by atoms with van der Waals surface area (Å²) < 4.78 is 0. The Balaban J connectivity index is 3.46. The van der Waals surface area contributed by atoms with Gasteiger partial charge in [-0.25, -0.2) is 0 Å². The van der Waals surface area contributed by atoms with Crippen LogP contribution in [0.2, 0.25) is 0 Å². The number of hydrogen-bond donors (Lipinski definition) is 3. The number of carbonyl (C=O) groups is 1. The van der Waals surface area contributed by atoms with Gasteiger partial charge in [0.25, 0.3) is 0 Å². The highest BCUT2D eigenvalue weighted by atomic mass is 16.3. The second kappa shape index (κ2) is 55.4. The van der Waals surface area contributed by atoms with Crippen molar-refractivity contribution in [2.24, 2.45) is 0 Å². The first-order valence-electron chi connectivity index (χ1n) is 28.5. The van der Waals surface area contributed by atoms with Gasteiger partial charge in [-0.05, 0) is 57.8 Å². The van der Waals surface area contributed by atoms with Crippen molar-refractivity contribution in [2.45, 2.75) is 309 Å². The summed E-state index contributed by atoms with van der Waals surface area (Å²) >= 11 is 0. The molecule has 0 aromatic rings. The quantitative estimate of drug-likeness (QED) is 0.0421. The molecule has 0 bridgehead atoms. The molecule has 0 fully saturated rings. The van der Waals surface area contributed by atoms with E-state index in [1.165, 1.54) is 225 Å². The molecule has 0 aliphatic heterocycles. The first kappa shape index (κ1) is 62.1. The largest absolute Gasteiger partial charge is 0.394 e. The van der Waals surface area contributed by atoms with Crippen molar-refractivity contribution in [1.29, 1.82) is 0 Å². The summed E-state index contributed by atoms with van der Waals surface area (Å²) in [5.41, 5.74) is 0. The SMILES string of the molecule is CC/C=C\C/C=C\C/C=C\C/C=C\CCCCCCCCCCCCCCCCCCCCCCC(=O)NC(CO)C(O)/C=C/CCCCCCCCCCCCCCCCCCC. The van der Waals surface area contributed by atoms with Gasteiger partial charge in [0.15, 0.2) is 0 Å². The van der Waals surface area contributed by atoms with Crippen LogP contribution in [0.3, 0.4) is 0 Å². The third kappa shape index (κ3) is 51.1. The molecule has 64 heavy (non-hydrogen) atoms. The fraction of sp³-hybridized carbons (Fsp3) is 0.817. The highest BCUT2D eigenvalue weighted by Crippen LogP contribution is 2.17. The molecule has 4 heteroatoms. The first-order valence-corrected chi connectivity index (χ1v) is 28.5. The summed E-state index contributed by atoms with van der Waals surface area (Å²) in [6, 6.07) is -0.622. The molecule has 0 saturated heterocycles. The van der Waals surface area contributed by atoms with Gasteiger partial charge in [-0.1, -0.05) is 293 Å². The lowest BCUT2D eigenvalue weighted by Gasteiger charge is -2.20. The maximum atomic E-state index is 12.5. The Morgan fingerprint density at radius 3 is 1.03 bits per heavy atom. The topological polar surface area (TPSA) is 69.6 Å². The number of carbonyl (C=O) groups excluding carboxylic acids is 1. The predicted molar refractivity (Wildman–Crippen MR) is 285 cm³/mol. The third-order valence-corrected chi connectivity index (χ3v) is 13.0. The number of hydrogen-bond acceptors (Lipinski definition) is 3. The van der Waals surface area contributed by atoms with Gasteiger partial charge in [0.1, 0.15) is 0 Å². The lowest BCUT2D eigenvalue weighted by molar-refractivity contribution is -0.123. The second-order valence-electron chi connectivity index (χ2n) is 19.3. The molecule has 0 rings (SSSR count). The lowest BCUT2D eigenvalue weighted by Crippen LogP contribution is -2.45. The van der Waals surface area contributed by atoms with Crippen LogP contribution in [0.25, 0.3) is 0 Å². The van der Waals surface area contributed by atoms with E-state index in [-0.39, 0.29) is 12.5 Å². The van der Waals surface area contributed by atoms with Crippen LogP contribution in [-0.2, 0) is 4.79 Å². The minimum absolute atomic E-state index is 0.0601. The normalized spacial score (nSPS) is 13.2. The van der Waals surface area contributed by atoms with E-state index in [1.54, 1.807) is 6.08 Å². The van der Waals surface area contributed by atoms with Crippen LogP contribution in [0.5, 0.6) is 0 Å². The minimum Gasteiger partial charge on any atom is -0.394 e. The standard InChI is InChI=1S/C60H111NO3/c1-3-5-7-9-11-13-15-17-19-21-23-24-25-26-27-28-29-30-31-32-33-34-35-36-38-40-42-44-46-48-50-52-54-56-60(64)61-58(57-62)59(63)55-53-51-49-47-45-43-41-39-37-22-20-18-16-14-12-10-8-6-4-2/h5,7,11,13,17,19,23-24,53,55,58-59,62-63H,3-4,6,8-10,12,14-16,18,20-22,25-52,54,56-57H2,1-2H3,(H,61,64)/b7-5-,13-11-,19-17-,24-23-,55-53+. The van der Waals surface area contributed by atoms with Gasteiger partial charge in [-0.2, -0.15) is 0 Å². The van der Waals surface area contributed by atoms with Gasteiger partial charge in [0.2, 0.25) is 5.91 Å². The molecular formula is C60H111NO3. The van der Waals surface area contributed by atoms with Crippen LogP contribution in [0.15, 0.2) is 60.8 Å². The van der Waals surface area contributed by atoms with Crippen LogP contribution in [0.1, 0.15) is 296 Å². The Bertz CT molecular complexity index is 1060. The molecule has 1 amide bonds. The smallest absolute Gasteiger partial charge is 0.220 e. The minimum atomic E-state index is -0.839. The van der Waals surface area contributed by atoms with E-state index in [0.717, 1.165) is 51.4 Å². The Hall–Kier alpha value is -1.91. The Morgan fingerprint density at radius 1 is 0.391 bits per heavy atom.